The molecule has 0 radical (unpaired) electrons. The molecule has 1 rings (SSSR count). The van der Waals surface area contributed by atoms with E-state index in [2.05, 4.69) is 37.6 Å². The molecule has 1 heterocycles. The molecular weight excluding hydrogens is 186 g/mol. The van der Waals surface area contributed by atoms with Crippen molar-refractivity contribution in [1.82, 2.24) is 9.80 Å². The molecule has 0 aromatic heterocycles. The zero-order valence-corrected chi connectivity index (χ0v) is 10.8. The van der Waals surface area contributed by atoms with Crippen LogP contribution in [0.25, 0.3) is 0 Å². The Balaban J connectivity index is 2.72. The fraction of sp³-hybridized carbons (Fsp3) is 1.00. The van der Waals surface area contributed by atoms with Crippen molar-refractivity contribution in [1.29, 1.82) is 0 Å². The van der Waals surface area contributed by atoms with Gasteiger partial charge < -0.3 is 10.6 Å². The number of hydrogen-bond acceptors (Lipinski definition) is 3. The molecule has 1 aliphatic rings. The van der Waals surface area contributed by atoms with E-state index in [1.165, 1.54) is 19.5 Å². The predicted molar refractivity (Wildman–Crippen MR) is 66.0 cm³/mol. The lowest BCUT2D eigenvalue weighted by Gasteiger charge is -2.51. The summed E-state index contributed by atoms with van der Waals surface area (Å²) in [6.45, 7) is 11.3. The van der Waals surface area contributed by atoms with E-state index in [-0.39, 0.29) is 0 Å². The third kappa shape index (κ3) is 3.16. The average molecular weight is 213 g/mol. The first-order valence-electron chi connectivity index (χ1n) is 6.16. The largest absolute Gasteiger partial charge is 0.330 e. The fourth-order valence-corrected chi connectivity index (χ4v) is 2.93. The van der Waals surface area contributed by atoms with E-state index in [0.29, 0.717) is 11.6 Å². The smallest absolute Gasteiger partial charge is 0.0283 e. The second kappa shape index (κ2) is 5.28. The Kier molecular flexibility index (Phi) is 4.56. The molecule has 0 spiro atoms. The van der Waals surface area contributed by atoms with Gasteiger partial charge in [-0.15, -0.1) is 0 Å². The number of rotatable bonds is 4. The van der Waals surface area contributed by atoms with E-state index in [9.17, 15) is 0 Å². The molecule has 1 unspecified atom stereocenters. The van der Waals surface area contributed by atoms with Crippen molar-refractivity contribution in [2.24, 2.45) is 5.73 Å². The predicted octanol–water partition coefficient (Wildman–Crippen LogP) is 1.14. The van der Waals surface area contributed by atoms with Crippen molar-refractivity contribution in [2.45, 2.75) is 45.2 Å². The van der Waals surface area contributed by atoms with Gasteiger partial charge in [0.25, 0.3) is 0 Å². The molecule has 0 bridgehead atoms. The van der Waals surface area contributed by atoms with Crippen LogP contribution in [0.1, 0.15) is 33.6 Å². The summed E-state index contributed by atoms with van der Waals surface area (Å²) in [6, 6.07) is 0.642. The number of likely N-dealkylation sites (N-methyl/N-ethyl adjacent to an activating group) is 1. The second-order valence-corrected chi connectivity index (χ2v) is 5.43. The van der Waals surface area contributed by atoms with E-state index in [0.717, 1.165) is 19.5 Å². The van der Waals surface area contributed by atoms with E-state index in [1.54, 1.807) is 0 Å². The first-order chi connectivity index (χ1) is 7.01. The van der Waals surface area contributed by atoms with Crippen LogP contribution in [0, 0.1) is 0 Å². The lowest BCUT2D eigenvalue weighted by Crippen LogP contribution is -2.63. The van der Waals surface area contributed by atoms with E-state index in [4.69, 9.17) is 5.73 Å². The van der Waals surface area contributed by atoms with Crippen LogP contribution in [0.2, 0.25) is 0 Å². The van der Waals surface area contributed by atoms with Crippen LogP contribution in [-0.2, 0) is 0 Å². The Morgan fingerprint density at radius 1 is 1.40 bits per heavy atom. The maximum absolute atomic E-state index is 5.71. The topological polar surface area (TPSA) is 32.5 Å². The standard InChI is InChI=1S/C12H27N3/c1-5-8-15-11(6-7-13)9-14(4)10-12(15,2)3/h11H,5-10,13H2,1-4H3. The molecule has 1 fully saturated rings. The Hall–Kier alpha value is -0.120. The average Bonchev–Trinajstić information content (AvgIpc) is 2.10. The highest BCUT2D eigenvalue weighted by molar-refractivity contribution is 4.94. The SMILES string of the molecule is CCCN1C(CCN)CN(C)CC1(C)C. The van der Waals surface area contributed by atoms with E-state index in [1.807, 2.05) is 0 Å². The molecule has 0 amide bonds. The highest BCUT2D eigenvalue weighted by Gasteiger charge is 2.37. The maximum atomic E-state index is 5.71. The minimum Gasteiger partial charge on any atom is -0.330 e. The molecule has 3 nitrogen and oxygen atoms in total. The van der Waals surface area contributed by atoms with Crippen molar-refractivity contribution in [3.05, 3.63) is 0 Å². The summed E-state index contributed by atoms with van der Waals surface area (Å²) in [5.41, 5.74) is 6.00. The highest BCUT2D eigenvalue weighted by Crippen LogP contribution is 2.25. The summed E-state index contributed by atoms with van der Waals surface area (Å²) < 4.78 is 0. The number of nitrogens with zero attached hydrogens (tertiary/aromatic N) is 2. The van der Waals surface area contributed by atoms with Crippen LogP contribution < -0.4 is 5.73 Å². The molecule has 0 aliphatic carbocycles. The Labute approximate surface area is 94.6 Å². The summed E-state index contributed by atoms with van der Waals surface area (Å²) in [5, 5.41) is 0. The molecule has 0 aromatic rings. The summed E-state index contributed by atoms with van der Waals surface area (Å²) >= 11 is 0. The lowest BCUT2D eigenvalue weighted by molar-refractivity contribution is -0.0177. The van der Waals surface area contributed by atoms with Crippen molar-refractivity contribution in [3.63, 3.8) is 0 Å². The summed E-state index contributed by atoms with van der Waals surface area (Å²) in [5.74, 6) is 0. The van der Waals surface area contributed by atoms with E-state index < -0.39 is 0 Å². The third-order valence-corrected chi connectivity index (χ3v) is 3.36. The van der Waals surface area contributed by atoms with Crippen molar-refractivity contribution < 1.29 is 0 Å². The maximum Gasteiger partial charge on any atom is 0.0283 e. The Morgan fingerprint density at radius 3 is 2.60 bits per heavy atom. The van der Waals surface area contributed by atoms with Gasteiger partial charge in [0.05, 0.1) is 0 Å². The zero-order chi connectivity index (χ0) is 11.5. The second-order valence-electron chi connectivity index (χ2n) is 5.43. The normalized spacial score (nSPS) is 28.2. The van der Waals surface area contributed by atoms with Crippen molar-refractivity contribution in [2.75, 3.05) is 33.2 Å². The van der Waals surface area contributed by atoms with Gasteiger partial charge in [0.15, 0.2) is 0 Å². The monoisotopic (exact) mass is 213 g/mol. The van der Waals surface area contributed by atoms with Gasteiger partial charge in [-0.25, -0.2) is 0 Å². The van der Waals surface area contributed by atoms with Gasteiger partial charge in [-0.05, 0) is 46.8 Å². The van der Waals surface area contributed by atoms with Crippen LogP contribution >= 0.6 is 0 Å². The summed E-state index contributed by atoms with van der Waals surface area (Å²) in [7, 11) is 2.22. The zero-order valence-electron chi connectivity index (χ0n) is 10.8. The molecule has 15 heavy (non-hydrogen) atoms. The van der Waals surface area contributed by atoms with Gasteiger partial charge in [-0.3, -0.25) is 4.90 Å². The highest BCUT2D eigenvalue weighted by atomic mass is 15.3. The quantitative estimate of drug-likeness (QED) is 0.760. The number of nitrogens with two attached hydrogens (primary N) is 1. The van der Waals surface area contributed by atoms with Gasteiger partial charge in [0.1, 0.15) is 0 Å². The number of piperazine rings is 1. The lowest BCUT2D eigenvalue weighted by atomic mass is 9.93. The van der Waals surface area contributed by atoms with Crippen molar-refractivity contribution >= 4 is 0 Å². The van der Waals surface area contributed by atoms with Gasteiger partial charge in [-0.1, -0.05) is 6.92 Å². The molecule has 0 saturated carbocycles. The van der Waals surface area contributed by atoms with Crippen LogP contribution in [0.5, 0.6) is 0 Å². The third-order valence-electron chi connectivity index (χ3n) is 3.36. The van der Waals surface area contributed by atoms with Gasteiger partial charge in [0.2, 0.25) is 0 Å². The van der Waals surface area contributed by atoms with Crippen LogP contribution in [0.3, 0.4) is 0 Å². The van der Waals surface area contributed by atoms with E-state index >= 15 is 0 Å². The van der Waals surface area contributed by atoms with Crippen molar-refractivity contribution in [3.8, 4) is 0 Å². The molecular formula is C12H27N3. The summed E-state index contributed by atoms with van der Waals surface area (Å²) in [6.07, 6.45) is 2.35. The molecule has 1 aliphatic heterocycles. The molecule has 0 aromatic carbocycles. The van der Waals surface area contributed by atoms with Gasteiger partial charge in [-0.2, -0.15) is 0 Å². The molecule has 3 heteroatoms. The minimum atomic E-state index is 0.294. The van der Waals surface area contributed by atoms with Gasteiger partial charge >= 0.3 is 0 Å². The molecule has 2 N–H and O–H groups in total. The fourth-order valence-electron chi connectivity index (χ4n) is 2.93. The molecule has 90 valence electrons. The van der Waals surface area contributed by atoms with Crippen LogP contribution in [0.15, 0.2) is 0 Å². The summed E-state index contributed by atoms with van der Waals surface area (Å²) in [4.78, 5) is 5.09. The molecule has 1 saturated heterocycles. The minimum absolute atomic E-state index is 0.294. The Morgan fingerprint density at radius 2 is 2.07 bits per heavy atom. The Bertz CT molecular complexity index is 191. The number of hydrogen-bond donors (Lipinski definition) is 1. The van der Waals surface area contributed by atoms with Crippen LogP contribution in [0.4, 0.5) is 0 Å². The first-order valence-corrected chi connectivity index (χ1v) is 6.16. The first kappa shape index (κ1) is 12.9. The molecule has 1 atom stereocenters. The van der Waals surface area contributed by atoms with Crippen LogP contribution in [-0.4, -0.2) is 54.6 Å². The van der Waals surface area contributed by atoms with Gasteiger partial charge in [0, 0.05) is 24.7 Å².